The fourth-order valence-corrected chi connectivity index (χ4v) is 5.97. The number of hydrogen-bond donors (Lipinski definition) is 7. The fourth-order valence-electron chi connectivity index (χ4n) is 1.82. The van der Waals surface area contributed by atoms with Gasteiger partial charge in [-0.25, -0.2) is 0 Å². The Morgan fingerprint density at radius 2 is 1.38 bits per heavy atom. The highest BCUT2D eigenvalue weighted by Gasteiger charge is 2.28. The van der Waals surface area contributed by atoms with Gasteiger partial charge in [-0.2, -0.15) is 0 Å². The van der Waals surface area contributed by atoms with E-state index in [1.807, 2.05) is 0 Å². The monoisotopic (exact) mass is 706 g/mol. The van der Waals surface area contributed by atoms with Crippen LogP contribution in [-0.4, -0.2) is 75.9 Å². The zero-order chi connectivity index (χ0) is 20.0. The van der Waals surface area contributed by atoms with Gasteiger partial charge in [0.15, 0.2) is 0 Å². The van der Waals surface area contributed by atoms with Crippen molar-refractivity contribution in [1.82, 2.24) is 10.6 Å². The number of amides is 2. The van der Waals surface area contributed by atoms with Gasteiger partial charge < -0.3 is 36.2 Å². The average Bonchev–Trinajstić information content (AvgIpc) is 2.62. The number of carbonyl (C=O) groups is 2. The minimum atomic E-state index is -1.13. The molecule has 0 aliphatic heterocycles. The lowest BCUT2D eigenvalue weighted by atomic mass is 10.1. The van der Waals surface area contributed by atoms with Crippen LogP contribution < -0.4 is 10.6 Å². The Labute approximate surface area is 190 Å². The van der Waals surface area contributed by atoms with Gasteiger partial charge in [-0.05, 0) is 67.8 Å². The molecule has 7 N–H and O–H groups in total. The Balaban J connectivity index is 3.31. The van der Waals surface area contributed by atoms with Crippen molar-refractivity contribution in [2.75, 3.05) is 26.4 Å². The number of aliphatic hydroxyl groups excluding tert-OH is 4. The van der Waals surface area contributed by atoms with Crippen LogP contribution >= 0.6 is 67.8 Å². The number of aliphatic hydroxyl groups is 4. The number of hydrogen-bond acceptors (Lipinski definition) is 7. The maximum absolute atomic E-state index is 12.5. The number of rotatable bonds is 8. The summed E-state index contributed by atoms with van der Waals surface area (Å²) in [7, 11) is 0. The number of nitrogens with one attached hydrogen (secondary N) is 2. The maximum atomic E-state index is 12.5. The molecule has 1 unspecified atom stereocenters. The van der Waals surface area contributed by atoms with Crippen molar-refractivity contribution in [2.45, 2.75) is 12.1 Å². The van der Waals surface area contributed by atoms with Gasteiger partial charge in [0.1, 0.15) is 5.75 Å². The zero-order valence-electron chi connectivity index (χ0n) is 13.2. The molecular formula is C14H17I3N2O7. The first-order chi connectivity index (χ1) is 12.2. The SMILES string of the molecule is O=C(NCC(O)CO)c1c(I)c(O)c(I)c(C(=O)NC(CO)CO)c1I. The summed E-state index contributed by atoms with van der Waals surface area (Å²) >= 11 is 5.34. The molecule has 0 radical (unpaired) electrons. The predicted octanol–water partition coefficient (Wildman–Crippen LogP) is -0.628. The first-order valence-electron chi connectivity index (χ1n) is 7.18. The van der Waals surface area contributed by atoms with E-state index in [0.29, 0.717) is 0 Å². The Morgan fingerprint density at radius 1 is 0.885 bits per heavy atom. The number of carbonyl (C=O) groups excluding carboxylic acids is 2. The zero-order valence-corrected chi connectivity index (χ0v) is 19.6. The molecule has 0 saturated heterocycles. The van der Waals surface area contributed by atoms with Gasteiger partial charge in [0.2, 0.25) is 0 Å². The second-order valence-electron chi connectivity index (χ2n) is 5.12. The summed E-state index contributed by atoms with van der Waals surface area (Å²) in [6, 6.07) is -0.882. The molecule has 146 valence electrons. The molecule has 12 heteroatoms. The lowest BCUT2D eigenvalue weighted by Crippen LogP contribution is -2.41. The van der Waals surface area contributed by atoms with Crippen LogP contribution in [0, 0.1) is 10.7 Å². The maximum Gasteiger partial charge on any atom is 0.253 e. The van der Waals surface area contributed by atoms with E-state index in [1.165, 1.54) is 0 Å². The second-order valence-corrected chi connectivity index (χ2v) is 8.36. The number of phenols is 1. The molecule has 0 saturated carbocycles. The third-order valence-electron chi connectivity index (χ3n) is 3.23. The molecule has 0 bridgehead atoms. The third kappa shape index (κ3) is 5.74. The van der Waals surface area contributed by atoms with Crippen molar-refractivity contribution in [3.05, 3.63) is 21.8 Å². The number of phenolic OH excluding ortho intramolecular Hbond substituents is 1. The molecular weight excluding hydrogens is 689 g/mol. The Morgan fingerprint density at radius 3 is 1.85 bits per heavy atom. The van der Waals surface area contributed by atoms with Crippen molar-refractivity contribution >= 4 is 79.6 Å². The van der Waals surface area contributed by atoms with Gasteiger partial charge in [0.05, 0.1) is 50.2 Å². The number of benzene rings is 1. The summed E-state index contributed by atoms with van der Waals surface area (Å²) in [6.07, 6.45) is -1.13. The van der Waals surface area contributed by atoms with Gasteiger partial charge in [0.25, 0.3) is 11.8 Å². The van der Waals surface area contributed by atoms with Crippen LogP contribution in [0.1, 0.15) is 20.7 Å². The lowest BCUT2D eigenvalue weighted by molar-refractivity contribution is 0.0800. The summed E-state index contributed by atoms with van der Waals surface area (Å²) in [5, 5.41) is 51.5. The molecule has 1 rings (SSSR count). The third-order valence-corrected chi connectivity index (χ3v) is 6.41. The van der Waals surface area contributed by atoms with E-state index in [2.05, 4.69) is 10.6 Å². The molecule has 0 aliphatic rings. The average molecular weight is 706 g/mol. The Bertz CT molecular complexity index is 683. The van der Waals surface area contributed by atoms with E-state index in [0.717, 1.165) is 0 Å². The van der Waals surface area contributed by atoms with Crippen LogP contribution in [0.5, 0.6) is 5.75 Å². The fraction of sp³-hybridized carbons (Fsp3) is 0.429. The van der Waals surface area contributed by atoms with Crippen molar-refractivity contribution in [1.29, 1.82) is 0 Å². The van der Waals surface area contributed by atoms with Crippen molar-refractivity contribution in [3.8, 4) is 5.75 Å². The van der Waals surface area contributed by atoms with E-state index in [-0.39, 0.29) is 34.1 Å². The molecule has 1 aromatic rings. The lowest BCUT2D eigenvalue weighted by Gasteiger charge is -2.19. The minimum Gasteiger partial charge on any atom is -0.506 e. The van der Waals surface area contributed by atoms with Gasteiger partial charge in [-0.1, -0.05) is 0 Å². The molecule has 0 aliphatic carbocycles. The van der Waals surface area contributed by atoms with E-state index >= 15 is 0 Å². The first kappa shape index (κ1) is 24.0. The van der Waals surface area contributed by atoms with Crippen LogP contribution in [0.15, 0.2) is 0 Å². The van der Waals surface area contributed by atoms with Crippen molar-refractivity contribution < 1.29 is 35.1 Å². The van der Waals surface area contributed by atoms with Gasteiger partial charge in [-0.3, -0.25) is 9.59 Å². The van der Waals surface area contributed by atoms with Crippen LogP contribution in [0.3, 0.4) is 0 Å². The van der Waals surface area contributed by atoms with Crippen LogP contribution in [-0.2, 0) is 0 Å². The summed E-state index contributed by atoms with van der Waals surface area (Å²) in [4.78, 5) is 24.9. The summed E-state index contributed by atoms with van der Waals surface area (Å²) in [6.45, 7) is -1.67. The molecule has 26 heavy (non-hydrogen) atoms. The second kappa shape index (κ2) is 11.1. The Hall–Kier alpha value is -0.0100. The summed E-state index contributed by atoms with van der Waals surface area (Å²) < 4.78 is 0.706. The molecule has 9 nitrogen and oxygen atoms in total. The first-order valence-corrected chi connectivity index (χ1v) is 10.4. The molecule has 0 heterocycles. The van der Waals surface area contributed by atoms with E-state index in [1.54, 1.807) is 67.8 Å². The predicted molar refractivity (Wildman–Crippen MR) is 117 cm³/mol. The van der Waals surface area contributed by atoms with Crippen LogP contribution in [0.25, 0.3) is 0 Å². The van der Waals surface area contributed by atoms with E-state index in [4.69, 9.17) is 15.3 Å². The highest BCUT2D eigenvalue weighted by atomic mass is 127. The highest BCUT2D eigenvalue weighted by molar-refractivity contribution is 14.1. The quantitative estimate of drug-likeness (QED) is 0.178. The Kier molecular flexibility index (Phi) is 10.3. The topological polar surface area (TPSA) is 159 Å². The number of halogens is 3. The molecule has 0 fully saturated rings. The molecule has 1 atom stereocenters. The molecule has 0 spiro atoms. The van der Waals surface area contributed by atoms with Gasteiger partial charge in [-0.15, -0.1) is 0 Å². The molecule has 0 aromatic heterocycles. The minimum absolute atomic E-state index is 0.0314. The molecule has 1 aromatic carbocycles. The van der Waals surface area contributed by atoms with Crippen molar-refractivity contribution in [2.24, 2.45) is 0 Å². The van der Waals surface area contributed by atoms with E-state index < -0.39 is 43.8 Å². The number of aromatic hydroxyl groups is 1. The van der Waals surface area contributed by atoms with Crippen LogP contribution in [0.2, 0.25) is 0 Å². The molecule has 2 amide bonds. The van der Waals surface area contributed by atoms with Crippen molar-refractivity contribution in [3.63, 3.8) is 0 Å². The van der Waals surface area contributed by atoms with Gasteiger partial charge >= 0.3 is 0 Å². The summed E-state index contributed by atoms with van der Waals surface area (Å²) in [5.41, 5.74) is 0.0767. The van der Waals surface area contributed by atoms with Crippen LogP contribution in [0.4, 0.5) is 0 Å². The summed E-state index contributed by atoms with van der Waals surface area (Å²) in [5.74, 6) is -1.55. The van der Waals surface area contributed by atoms with Gasteiger partial charge in [0, 0.05) is 10.1 Å². The highest BCUT2D eigenvalue weighted by Crippen LogP contribution is 2.36. The standard InChI is InChI=1S/C14H17I3N2O7/c15-9-7(13(25)18-1-6(23)4-22)10(16)12(24)11(17)8(9)14(26)19-5(2-20)3-21/h5-6,20-24H,1-4H2,(H,18,25)(H,19,26). The van der Waals surface area contributed by atoms with E-state index in [9.17, 15) is 19.8 Å². The largest absolute Gasteiger partial charge is 0.506 e. The smallest absolute Gasteiger partial charge is 0.253 e. The normalized spacial score (nSPS) is 12.2.